The number of piperidine rings is 1. The van der Waals surface area contributed by atoms with Gasteiger partial charge in [-0.1, -0.05) is 6.58 Å². The summed E-state index contributed by atoms with van der Waals surface area (Å²) < 4.78 is 40.9. The van der Waals surface area contributed by atoms with Crippen LogP contribution in [0.2, 0.25) is 0 Å². The lowest BCUT2D eigenvalue weighted by atomic mass is 9.93. The summed E-state index contributed by atoms with van der Waals surface area (Å²) in [4.78, 5) is 39.8. The maximum atomic E-state index is 13.4. The van der Waals surface area contributed by atoms with E-state index in [4.69, 9.17) is 0 Å². The molecule has 3 heterocycles. The number of hydrogen-bond donors (Lipinski definition) is 0. The minimum Gasteiger partial charge on any atom is -0.338 e. The fourth-order valence-corrected chi connectivity index (χ4v) is 3.85. The second-order valence-corrected chi connectivity index (χ2v) is 7.07. The number of nitrogens with zero attached hydrogens (tertiary/aromatic N) is 4. The molecule has 0 saturated carbocycles. The number of aromatic nitrogens is 2. The Kier molecular flexibility index (Phi) is 5.31. The maximum Gasteiger partial charge on any atom is 0.435 e. The van der Waals surface area contributed by atoms with Crippen molar-refractivity contribution in [3.63, 3.8) is 0 Å². The highest BCUT2D eigenvalue weighted by Crippen LogP contribution is 2.33. The number of amides is 2. The van der Waals surface area contributed by atoms with Crippen molar-refractivity contribution in [1.29, 1.82) is 0 Å². The molecule has 7 nitrogen and oxygen atoms in total. The SMILES string of the molecule is C=CC(=O)N1CCCC(C(=O)N2CCc3c(c(C(F)(F)F)nn(C)c3=O)C2)C1. The van der Waals surface area contributed by atoms with Crippen LogP contribution in [0.25, 0.3) is 0 Å². The minimum absolute atomic E-state index is 0.0430. The van der Waals surface area contributed by atoms with Gasteiger partial charge in [0.1, 0.15) is 0 Å². The Morgan fingerprint density at radius 2 is 1.93 bits per heavy atom. The van der Waals surface area contributed by atoms with E-state index in [-0.39, 0.29) is 49.0 Å². The van der Waals surface area contributed by atoms with E-state index < -0.39 is 23.3 Å². The summed E-state index contributed by atoms with van der Waals surface area (Å²) in [6.45, 7) is 4.03. The number of alkyl halides is 3. The molecule has 1 fully saturated rings. The number of carbonyl (C=O) groups excluding carboxylic acids is 2. The molecule has 28 heavy (non-hydrogen) atoms. The van der Waals surface area contributed by atoms with E-state index in [1.165, 1.54) is 22.9 Å². The van der Waals surface area contributed by atoms with E-state index in [1.54, 1.807) is 0 Å². The molecular formula is C18H21F3N4O3. The molecule has 0 radical (unpaired) electrons. The molecule has 2 aliphatic heterocycles. The normalized spacial score (nSPS) is 19.9. The molecule has 3 rings (SSSR count). The summed E-state index contributed by atoms with van der Waals surface area (Å²) in [6, 6.07) is 0. The highest BCUT2D eigenvalue weighted by Gasteiger charge is 2.41. The molecule has 1 saturated heterocycles. The maximum absolute atomic E-state index is 13.4. The van der Waals surface area contributed by atoms with E-state index in [9.17, 15) is 27.6 Å². The van der Waals surface area contributed by atoms with Gasteiger partial charge in [-0.25, -0.2) is 4.68 Å². The molecule has 10 heteroatoms. The predicted molar refractivity (Wildman–Crippen MR) is 93.1 cm³/mol. The molecule has 1 unspecified atom stereocenters. The molecule has 152 valence electrons. The second kappa shape index (κ2) is 7.40. The van der Waals surface area contributed by atoms with Crippen LogP contribution in [0.15, 0.2) is 17.4 Å². The standard InChI is InChI=1S/C18H21F3N4O3/c1-3-14(26)24-7-4-5-11(9-24)16(27)25-8-6-12-13(10-25)15(18(19,20)21)22-23(2)17(12)28/h3,11H,1,4-10H2,2H3. The van der Waals surface area contributed by atoms with Crippen LogP contribution >= 0.6 is 0 Å². The predicted octanol–water partition coefficient (Wildman–Crippen LogP) is 1.11. The van der Waals surface area contributed by atoms with Crippen molar-refractivity contribution >= 4 is 11.8 Å². The summed E-state index contributed by atoms with van der Waals surface area (Å²) in [7, 11) is 1.18. The third kappa shape index (κ3) is 3.67. The second-order valence-electron chi connectivity index (χ2n) is 7.07. The van der Waals surface area contributed by atoms with Gasteiger partial charge in [-0.3, -0.25) is 14.4 Å². The number of hydrogen-bond acceptors (Lipinski definition) is 4. The Morgan fingerprint density at radius 3 is 2.57 bits per heavy atom. The summed E-state index contributed by atoms with van der Waals surface area (Å²) in [5, 5.41) is 3.39. The van der Waals surface area contributed by atoms with E-state index in [1.807, 2.05) is 0 Å². The number of fused-ring (bicyclic) bond motifs is 1. The Morgan fingerprint density at radius 1 is 1.21 bits per heavy atom. The molecule has 1 aromatic rings. The molecule has 0 aliphatic carbocycles. The first-order chi connectivity index (χ1) is 13.1. The molecule has 2 aliphatic rings. The van der Waals surface area contributed by atoms with Gasteiger partial charge in [0, 0.05) is 44.4 Å². The smallest absolute Gasteiger partial charge is 0.338 e. The van der Waals surface area contributed by atoms with E-state index in [2.05, 4.69) is 11.7 Å². The summed E-state index contributed by atoms with van der Waals surface area (Å²) in [5.41, 5.74) is -1.88. The van der Waals surface area contributed by atoms with Gasteiger partial charge < -0.3 is 9.80 Å². The zero-order chi connectivity index (χ0) is 20.6. The third-order valence-electron chi connectivity index (χ3n) is 5.27. The number of carbonyl (C=O) groups is 2. The molecule has 0 aromatic carbocycles. The van der Waals surface area contributed by atoms with Crippen LogP contribution in [-0.2, 0) is 35.8 Å². The van der Waals surface area contributed by atoms with E-state index in [0.29, 0.717) is 24.1 Å². The zero-order valence-corrected chi connectivity index (χ0v) is 15.5. The summed E-state index contributed by atoms with van der Waals surface area (Å²) in [5.74, 6) is -1.05. The lowest BCUT2D eigenvalue weighted by Gasteiger charge is -2.36. The average Bonchev–Trinajstić information content (AvgIpc) is 2.68. The van der Waals surface area contributed by atoms with Crippen molar-refractivity contribution in [3.05, 3.63) is 39.8 Å². The van der Waals surface area contributed by atoms with Gasteiger partial charge >= 0.3 is 6.18 Å². The van der Waals surface area contributed by atoms with Crippen LogP contribution in [0.5, 0.6) is 0 Å². The number of rotatable bonds is 2. The Labute approximate surface area is 159 Å². The van der Waals surface area contributed by atoms with Crippen LogP contribution in [-0.4, -0.2) is 51.0 Å². The number of aryl methyl sites for hydroxylation is 1. The van der Waals surface area contributed by atoms with Crippen molar-refractivity contribution < 1.29 is 22.8 Å². The van der Waals surface area contributed by atoms with E-state index in [0.717, 1.165) is 0 Å². The van der Waals surface area contributed by atoms with Gasteiger partial charge in [0.2, 0.25) is 11.8 Å². The van der Waals surface area contributed by atoms with Gasteiger partial charge in [0.05, 0.1) is 5.92 Å². The van der Waals surface area contributed by atoms with Gasteiger partial charge in [-0.2, -0.15) is 18.3 Å². The van der Waals surface area contributed by atoms with Crippen LogP contribution in [0.1, 0.15) is 29.7 Å². The van der Waals surface area contributed by atoms with Crippen LogP contribution in [0, 0.1) is 5.92 Å². The molecule has 1 atom stereocenters. The van der Waals surface area contributed by atoms with Crippen LogP contribution < -0.4 is 5.56 Å². The van der Waals surface area contributed by atoms with Gasteiger partial charge in [-0.05, 0) is 25.3 Å². The molecule has 2 amide bonds. The lowest BCUT2D eigenvalue weighted by Crippen LogP contribution is -2.48. The van der Waals surface area contributed by atoms with Crippen molar-refractivity contribution in [2.75, 3.05) is 19.6 Å². The fraction of sp³-hybridized carbons (Fsp3) is 0.556. The quantitative estimate of drug-likeness (QED) is 0.700. The summed E-state index contributed by atoms with van der Waals surface area (Å²) in [6.07, 6.45) is -2.30. The fourth-order valence-electron chi connectivity index (χ4n) is 3.85. The lowest BCUT2D eigenvalue weighted by molar-refractivity contribution is -0.146. The van der Waals surface area contributed by atoms with Gasteiger partial charge in [-0.15, -0.1) is 0 Å². The van der Waals surface area contributed by atoms with Crippen LogP contribution in [0.3, 0.4) is 0 Å². The molecule has 0 N–H and O–H groups in total. The number of halogens is 3. The first kappa shape index (κ1) is 20.1. The largest absolute Gasteiger partial charge is 0.435 e. The Hall–Kier alpha value is -2.65. The van der Waals surface area contributed by atoms with Crippen molar-refractivity contribution in [2.45, 2.75) is 32.0 Å². The van der Waals surface area contributed by atoms with E-state index >= 15 is 0 Å². The van der Waals surface area contributed by atoms with Crippen molar-refractivity contribution in [2.24, 2.45) is 13.0 Å². The average molecular weight is 398 g/mol. The zero-order valence-electron chi connectivity index (χ0n) is 15.5. The monoisotopic (exact) mass is 398 g/mol. The van der Waals surface area contributed by atoms with Crippen molar-refractivity contribution in [1.82, 2.24) is 19.6 Å². The third-order valence-corrected chi connectivity index (χ3v) is 5.27. The Bertz CT molecular complexity index is 878. The van der Waals surface area contributed by atoms with Gasteiger partial charge in [0.25, 0.3) is 5.56 Å². The number of likely N-dealkylation sites (tertiary alicyclic amines) is 1. The topological polar surface area (TPSA) is 75.5 Å². The first-order valence-electron chi connectivity index (χ1n) is 9.00. The van der Waals surface area contributed by atoms with Crippen molar-refractivity contribution in [3.8, 4) is 0 Å². The van der Waals surface area contributed by atoms with Gasteiger partial charge in [0.15, 0.2) is 5.69 Å². The summed E-state index contributed by atoms with van der Waals surface area (Å²) >= 11 is 0. The first-order valence-corrected chi connectivity index (χ1v) is 9.00. The van der Waals surface area contributed by atoms with Crippen LogP contribution in [0.4, 0.5) is 13.2 Å². The molecule has 0 spiro atoms. The molecular weight excluding hydrogens is 377 g/mol. The highest BCUT2D eigenvalue weighted by molar-refractivity contribution is 5.88. The highest BCUT2D eigenvalue weighted by atomic mass is 19.4. The molecule has 0 bridgehead atoms. The minimum atomic E-state index is -4.72. The molecule has 1 aromatic heterocycles. The Balaban J connectivity index is 1.86.